The minimum absolute atomic E-state index is 0.0116. The molecule has 8 heteroatoms. The van der Waals surface area contributed by atoms with Gasteiger partial charge in [-0.15, -0.1) is 11.8 Å². The Labute approximate surface area is 178 Å². The number of likely N-dealkylation sites (tertiary alicyclic amines) is 1. The summed E-state index contributed by atoms with van der Waals surface area (Å²) in [5, 5.41) is 0.205. The van der Waals surface area contributed by atoms with Crippen molar-refractivity contribution in [3.8, 4) is 0 Å². The van der Waals surface area contributed by atoms with Gasteiger partial charge in [0.25, 0.3) is 5.91 Å². The Kier molecular flexibility index (Phi) is 5.88. The van der Waals surface area contributed by atoms with E-state index in [2.05, 4.69) is 0 Å². The van der Waals surface area contributed by atoms with Gasteiger partial charge in [0.15, 0.2) is 0 Å². The van der Waals surface area contributed by atoms with Crippen LogP contribution in [0.1, 0.15) is 43.2 Å². The second kappa shape index (κ2) is 8.29. The first-order chi connectivity index (χ1) is 14.2. The van der Waals surface area contributed by atoms with E-state index in [4.69, 9.17) is 0 Å². The minimum atomic E-state index is -4.38. The molecule has 0 aromatic heterocycles. The summed E-state index contributed by atoms with van der Waals surface area (Å²) >= 11 is 1.50. The van der Waals surface area contributed by atoms with Crippen molar-refractivity contribution in [2.75, 3.05) is 20.1 Å². The number of likely N-dealkylation sites (N-methyl/N-ethyl adjacent to an activating group) is 1. The molecule has 2 amide bonds. The Balaban J connectivity index is 1.46. The monoisotopic (exact) mass is 438 g/mol. The van der Waals surface area contributed by atoms with Crippen molar-refractivity contribution in [1.29, 1.82) is 0 Å². The highest BCUT2D eigenvalue weighted by Gasteiger charge is 2.43. The number of rotatable bonds is 2. The van der Waals surface area contributed by atoms with Crippen LogP contribution in [0.15, 0.2) is 29.2 Å². The number of hydrogen-bond acceptors (Lipinski definition) is 3. The molecule has 3 aliphatic rings. The van der Waals surface area contributed by atoms with E-state index in [-0.39, 0.29) is 29.0 Å². The number of fused-ring (bicyclic) bond motifs is 1. The van der Waals surface area contributed by atoms with E-state index in [0.717, 1.165) is 50.9 Å². The first kappa shape index (κ1) is 21.3. The molecule has 2 saturated heterocycles. The lowest BCUT2D eigenvalue weighted by Crippen LogP contribution is -2.52. The van der Waals surface area contributed by atoms with Crippen molar-refractivity contribution in [3.05, 3.63) is 40.3 Å². The van der Waals surface area contributed by atoms with E-state index in [1.54, 1.807) is 18.0 Å². The number of carbonyl (C=O) groups excluding carboxylic acids is 2. The number of carbonyl (C=O) groups is 2. The van der Waals surface area contributed by atoms with E-state index in [0.29, 0.717) is 16.9 Å². The van der Waals surface area contributed by atoms with Crippen molar-refractivity contribution >= 4 is 29.7 Å². The quantitative estimate of drug-likeness (QED) is 0.643. The third-order valence-corrected chi connectivity index (χ3v) is 7.76. The van der Waals surface area contributed by atoms with Gasteiger partial charge in [-0.05, 0) is 55.9 Å². The number of thioether (sulfide) groups is 1. The van der Waals surface area contributed by atoms with Crippen molar-refractivity contribution in [2.24, 2.45) is 5.92 Å². The van der Waals surface area contributed by atoms with Gasteiger partial charge in [-0.25, -0.2) is 0 Å². The van der Waals surface area contributed by atoms with Crippen LogP contribution in [0.4, 0.5) is 13.2 Å². The molecule has 3 unspecified atom stereocenters. The maximum absolute atomic E-state index is 12.9. The van der Waals surface area contributed by atoms with Crippen LogP contribution in [0.3, 0.4) is 0 Å². The van der Waals surface area contributed by atoms with Gasteiger partial charge in [0.05, 0.1) is 10.5 Å². The highest BCUT2D eigenvalue weighted by Crippen LogP contribution is 2.43. The first-order valence-electron chi connectivity index (χ1n) is 10.4. The van der Waals surface area contributed by atoms with Crippen LogP contribution in [-0.2, 0) is 15.8 Å². The molecule has 0 radical (unpaired) electrons. The topological polar surface area (TPSA) is 40.6 Å². The number of benzene rings is 1. The average Bonchev–Trinajstić information content (AvgIpc) is 3.26. The standard InChI is InChI=1S/C22H25F3N2O2S/c1-26-17-13-15(20(28)27-10-2-3-11-27)6-9-18(17)30-19(21(26)29)12-14-4-7-16(8-5-14)22(23,24)25/h4-5,7-8,12,15,17-18H,2-3,6,9-11,13H2,1H3/b19-12-. The highest BCUT2D eigenvalue weighted by molar-refractivity contribution is 8.04. The second-order valence-electron chi connectivity index (χ2n) is 8.31. The third-order valence-electron chi connectivity index (χ3n) is 6.36. The molecule has 1 aliphatic carbocycles. The summed E-state index contributed by atoms with van der Waals surface area (Å²) in [5.74, 6) is 0.0685. The first-order valence-corrected chi connectivity index (χ1v) is 11.2. The molecule has 0 bridgehead atoms. The molecule has 2 aliphatic heterocycles. The molecule has 30 heavy (non-hydrogen) atoms. The molecule has 1 aromatic rings. The Morgan fingerprint density at radius 2 is 1.80 bits per heavy atom. The number of nitrogens with zero attached hydrogens (tertiary/aromatic N) is 2. The zero-order valence-electron chi connectivity index (χ0n) is 16.8. The van der Waals surface area contributed by atoms with Crippen LogP contribution < -0.4 is 0 Å². The molecular weight excluding hydrogens is 413 g/mol. The van der Waals surface area contributed by atoms with Crippen LogP contribution in [0, 0.1) is 5.92 Å². The summed E-state index contributed by atoms with van der Waals surface area (Å²) in [4.78, 5) is 29.9. The summed E-state index contributed by atoms with van der Waals surface area (Å²) in [6.07, 6.45) is 1.78. The second-order valence-corrected chi connectivity index (χ2v) is 9.59. The van der Waals surface area contributed by atoms with Gasteiger partial charge in [-0.2, -0.15) is 13.2 Å². The SMILES string of the molecule is CN1C(=O)/C(=C/c2ccc(C(F)(F)F)cc2)SC2CCC(C(=O)N3CCCC3)CC21. The smallest absolute Gasteiger partial charge is 0.342 e. The van der Waals surface area contributed by atoms with Gasteiger partial charge in [0.1, 0.15) is 0 Å². The lowest BCUT2D eigenvalue weighted by atomic mass is 9.83. The Morgan fingerprint density at radius 3 is 2.43 bits per heavy atom. The molecular formula is C22H25F3N2O2S. The number of halogens is 3. The molecule has 0 N–H and O–H groups in total. The Hall–Kier alpha value is -1.96. The van der Waals surface area contributed by atoms with E-state index in [1.165, 1.54) is 23.9 Å². The molecule has 3 atom stereocenters. The fourth-order valence-corrected chi connectivity index (χ4v) is 6.12. The van der Waals surface area contributed by atoms with Gasteiger partial charge in [0, 0.05) is 37.3 Å². The van der Waals surface area contributed by atoms with Gasteiger partial charge in [-0.3, -0.25) is 9.59 Å². The summed E-state index contributed by atoms with van der Waals surface area (Å²) in [5.41, 5.74) is -0.131. The number of hydrogen-bond donors (Lipinski definition) is 0. The van der Waals surface area contributed by atoms with Crippen molar-refractivity contribution in [2.45, 2.75) is 49.6 Å². The molecule has 4 nitrogen and oxygen atoms in total. The Bertz CT molecular complexity index is 847. The fraction of sp³-hybridized carbons (Fsp3) is 0.545. The summed E-state index contributed by atoms with van der Waals surface area (Å²) < 4.78 is 38.3. The normalized spacial score (nSPS) is 28.7. The lowest BCUT2D eigenvalue weighted by Gasteiger charge is -2.44. The number of alkyl halides is 3. The summed E-state index contributed by atoms with van der Waals surface area (Å²) in [6.45, 7) is 1.68. The van der Waals surface area contributed by atoms with Crippen LogP contribution in [0.2, 0.25) is 0 Å². The van der Waals surface area contributed by atoms with E-state index < -0.39 is 11.7 Å². The average molecular weight is 439 g/mol. The molecule has 4 rings (SSSR count). The maximum atomic E-state index is 12.9. The predicted molar refractivity (Wildman–Crippen MR) is 111 cm³/mol. The maximum Gasteiger partial charge on any atom is 0.416 e. The van der Waals surface area contributed by atoms with Gasteiger partial charge in [0.2, 0.25) is 5.91 Å². The molecule has 1 saturated carbocycles. The van der Waals surface area contributed by atoms with Crippen LogP contribution >= 0.6 is 11.8 Å². The van der Waals surface area contributed by atoms with Crippen LogP contribution in [0.25, 0.3) is 6.08 Å². The molecule has 162 valence electrons. The minimum Gasteiger partial charge on any atom is -0.342 e. The van der Waals surface area contributed by atoms with Crippen LogP contribution in [0.5, 0.6) is 0 Å². The van der Waals surface area contributed by atoms with Crippen molar-refractivity contribution < 1.29 is 22.8 Å². The lowest BCUT2D eigenvalue weighted by molar-refractivity contribution is -0.138. The van der Waals surface area contributed by atoms with Crippen LogP contribution in [-0.4, -0.2) is 53.0 Å². The largest absolute Gasteiger partial charge is 0.416 e. The Morgan fingerprint density at radius 1 is 1.13 bits per heavy atom. The van der Waals surface area contributed by atoms with Gasteiger partial charge < -0.3 is 9.80 Å². The zero-order chi connectivity index (χ0) is 21.5. The predicted octanol–water partition coefficient (Wildman–Crippen LogP) is 4.41. The van der Waals surface area contributed by atoms with E-state index in [1.807, 2.05) is 4.90 Å². The van der Waals surface area contributed by atoms with Crippen molar-refractivity contribution in [3.63, 3.8) is 0 Å². The molecule has 0 spiro atoms. The van der Waals surface area contributed by atoms with Gasteiger partial charge >= 0.3 is 6.18 Å². The van der Waals surface area contributed by atoms with E-state index >= 15 is 0 Å². The molecule has 2 heterocycles. The fourth-order valence-electron chi connectivity index (χ4n) is 4.64. The van der Waals surface area contributed by atoms with Gasteiger partial charge in [-0.1, -0.05) is 12.1 Å². The van der Waals surface area contributed by atoms with Crippen molar-refractivity contribution in [1.82, 2.24) is 9.80 Å². The molecule has 1 aromatic carbocycles. The summed E-state index contributed by atoms with van der Waals surface area (Å²) in [6, 6.07) is 4.86. The third kappa shape index (κ3) is 4.24. The summed E-state index contributed by atoms with van der Waals surface area (Å²) in [7, 11) is 1.77. The number of amides is 2. The zero-order valence-corrected chi connectivity index (χ0v) is 17.6. The molecule has 3 fully saturated rings. The van der Waals surface area contributed by atoms with E-state index in [9.17, 15) is 22.8 Å². The highest BCUT2D eigenvalue weighted by atomic mass is 32.2.